The summed E-state index contributed by atoms with van der Waals surface area (Å²) in [4.78, 5) is 0. The van der Waals surface area contributed by atoms with Crippen molar-refractivity contribution in [2.75, 3.05) is 0 Å². The largest absolute Gasteiger partial charge is 0.341 e. The van der Waals surface area contributed by atoms with Crippen LogP contribution in [0.15, 0.2) is 66.7 Å². The highest BCUT2D eigenvalue weighted by molar-refractivity contribution is 5.47. The molecule has 178 valence electrons. The van der Waals surface area contributed by atoms with Crippen LogP contribution in [-0.2, 0) is 23.7 Å². The second kappa shape index (κ2) is 8.34. The van der Waals surface area contributed by atoms with E-state index in [1.165, 1.54) is 0 Å². The Hall–Kier alpha value is -3.55. The highest BCUT2D eigenvalue weighted by Crippen LogP contribution is 2.53. The minimum Gasteiger partial charge on any atom is -0.207 e. The predicted molar refractivity (Wildman–Crippen MR) is 99.5 cm³/mol. The van der Waals surface area contributed by atoms with Crippen molar-refractivity contribution in [1.29, 1.82) is 5.26 Å². The van der Waals surface area contributed by atoms with Crippen molar-refractivity contribution in [2.24, 2.45) is 0 Å². The Labute approximate surface area is 185 Å². The number of alkyl halides is 8. The van der Waals surface area contributed by atoms with Gasteiger partial charge in [-0.05, 0) is 54.6 Å². The maximum atomic E-state index is 14.8. The lowest BCUT2D eigenvalue weighted by Gasteiger charge is -2.30. The van der Waals surface area contributed by atoms with Crippen molar-refractivity contribution in [1.82, 2.24) is 0 Å². The van der Waals surface area contributed by atoms with Crippen LogP contribution >= 0.6 is 0 Å². The van der Waals surface area contributed by atoms with Crippen LogP contribution in [0.1, 0.15) is 27.8 Å². The zero-order valence-electron chi connectivity index (χ0n) is 16.6. The molecule has 0 fully saturated rings. The number of nitriles is 1. The first-order chi connectivity index (χ1) is 15.7. The molecular weight excluding hydrogens is 480 g/mol. The summed E-state index contributed by atoms with van der Waals surface area (Å²) >= 11 is 0. The highest BCUT2D eigenvalue weighted by Gasteiger charge is 2.61. The molecule has 0 aromatic heterocycles. The van der Waals surface area contributed by atoms with Crippen LogP contribution in [0.5, 0.6) is 0 Å². The zero-order chi connectivity index (χ0) is 25.5. The molecule has 0 N–H and O–H groups in total. The van der Waals surface area contributed by atoms with Gasteiger partial charge in [-0.15, -0.1) is 0 Å². The molecule has 3 aromatic rings. The normalized spacial score (nSPS) is 13.0. The van der Waals surface area contributed by atoms with E-state index in [4.69, 9.17) is 5.26 Å². The average Bonchev–Trinajstić information content (AvgIpc) is 2.78. The summed E-state index contributed by atoms with van der Waals surface area (Å²) in [5.74, 6) is -22.2. The van der Waals surface area contributed by atoms with Crippen LogP contribution in [0.25, 0.3) is 0 Å². The van der Waals surface area contributed by atoms with Gasteiger partial charge in [0.05, 0.1) is 11.6 Å². The van der Waals surface area contributed by atoms with Crippen LogP contribution < -0.4 is 0 Å². The van der Waals surface area contributed by atoms with Gasteiger partial charge in [-0.3, -0.25) is 0 Å². The Morgan fingerprint density at radius 2 is 0.853 bits per heavy atom. The average molecular weight is 491 g/mol. The van der Waals surface area contributed by atoms with Crippen molar-refractivity contribution < 1.29 is 43.9 Å². The van der Waals surface area contributed by atoms with Gasteiger partial charge < -0.3 is 0 Å². The smallest absolute Gasteiger partial charge is 0.207 e. The monoisotopic (exact) mass is 491 g/mol. The van der Waals surface area contributed by atoms with Crippen molar-refractivity contribution in [2.45, 2.75) is 23.7 Å². The summed E-state index contributed by atoms with van der Waals surface area (Å²) in [6.07, 6.45) is 0. The first-order valence-corrected chi connectivity index (χ1v) is 9.24. The number of rotatable bonds is 6. The molecule has 0 heterocycles. The highest BCUT2D eigenvalue weighted by atomic mass is 19.3. The number of benzene rings is 3. The molecule has 0 aliphatic carbocycles. The molecule has 11 heteroatoms. The summed E-state index contributed by atoms with van der Waals surface area (Å²) in [7, 11) is 0. The molecule has 0 saturated heterocycles. The van der Waals surface area contributed by atoms with Crippen LogP contribution in [0.2, 0.25) is 0 Å². The fraction of sp³-hybridized carbons (Fsp3) is 0.174. The summed E-state index contributed by atoms with van der Waals surface area (Å²) in [5.41, 5.74) is -7.36. The molecule has 0 aliphatic rings. The van der Waals surface area contributed by atoms with E-state index < -0.39 is 63.1 Å². The van der Waals surface area contributed by atoms with Crippen molar-refractivity contribution >= 4 is 0 Å². The van der Waals surface area contributed by atoms with E-state index >= 15 is 0 Å². The molecular formula is C23H11F10N. The van der Waals surface area contributed by atoms with Crippen LogP contribution in [0.3, 0.4) is 0 Å². The lowest BCUT2D eigenvalue weighted by molar-refractivity contribution is -0.225. The van der Waals surface area contributed by atoms with E-state index in [0.717, 1.165) is 6.07 Å². The van der Waals surface area contributed by atoms with Gasteiger partial charge in [-0.2, -0.15) is 40.4 Å². The molecule has 0 unspecified atom stereocenters. The van der Waals surface area contributed by atoms with E-state index in [1.54, 1.807) is 0 Å². The molecule has 0 bridgehead atoms. The van der Waals surface area contributed by atoms with Crippen molar-refractivity contribution in [3.05, 3.63) is 106 Å². The molecule has 1 nitrogen and oxygen atoms in total. The Morgan fingerprint density at radius 1 is 0.500 bits per heavy atom. The van der Waals surface area contributed by atoms with Crippen LogP contribution in [0.4, 0.5) is 43.9 Å². The fourth-order valence-electron chi connectivity index (χ4n) is 3.14. The molecule has 3 aromatic carbocycles. The van der Waals surface area contributed by atoms with Gasteiger partial charge in [0.2, 0.25) is 0 Å². The van der Waals surface area contributed by atoms with Crippen molar-refractivity contribution in [3.8, 4) is 6.07 Å². The number of hydrogen-bond donors (Lipinski definition) is 0. The summed E-state index contributed by atoms with van der Waals surface area (Å²) in [5, 5.41) is 9.14. The third-order valence-electron chi connectivity index (χ3n) is 5.04. The Kier molecular flexibility index (Phi) is 6.15. The minimum absolute atomic E-state index is 0.0277. The lowest BCUT2D eigenvalue weighted by Crippen LogP contribution is -2.37. The van der Waals surface area contributed by atoms with Gasteiger partial charge in [-0.25, -0.2) is 8.78 Å². The molecule has 34 heavy (non-hydrogen) atoms. The number of halogens is 10. The van der Waals surface area contributed by atoms with Crippen molar-refractivity contribution in [3.63, 3.8) is 0 Å². The maximum absolute atomic E-state index is 14.8. The molecule has 0 radical (unpaired) electrons. The second-order valence-corrected chi connectivity index (χ2v) is 7.18. The third kappa shape index (κ3) is 3.97. The summed E-state index contributed by atoms with van der Waals surface area (Å²) in [6.45, 7) is 0. The standard InChI is InChI=1S/C23H11F10N/c24-17-6-1-14(2-7-17)20(26,27)22(30,31)16-5-10-19(13(11-16)12-34)23(32,33)21(28,29)15-3-8-18(25)9-4-15/h1-11H. The van der Waals surface area contributed by atoms with E-state index in [0.29, 0.717) is 48.5 Å². The van der Waals surface area contributed by atoms with E-state index in [1.807, 2.05) is 0 Å². The fourth-order valence-corrected chi connectivity index (χ4v) is 3.14. The first kappa shape index (κ1) is 25.1. The van der Waals surface area contributed by atoms with Gasteiger partial charge >= 0.3 is 23.7 Å². The minimum atomic E-state index is -5.16. The lowest BCUT2D eigenvalue weighted by atomic mass is 9.89. The SMILES string of the molecule is N#Cc1cc(C(F)(F)C(F)(F)c2ccc(F)cc2)ccc1C(F)(F)C(F)(F)c1ccc(F)cc1. The van der Waals surface area contributed by atoms with Crippen LogP contribution in [-0.4, -0.2) is 0 Å². The van der Waals surface area contributed by atoms with E-state index in [9.17, 15) is 43.9 Å². The third-order valence-corrected chi connectivity index (χ3v) is 5.04. The predicted octanol–water partition coefficient (Wildman–Crippen LogP) is 7.60. The van der Waals surface area contributed by atoms with E-state index in [2.05, 4.69) is 0 Å². The molecule has 0 saturated carbocycles. The molecule has 0 amide bonds. The molecule has 0 aliphatic heterocycles. The maximum Gasteiger partial charge on any atom is 0.341 e. The van der Waals surface area contributed by atoms with Gasteiger partial charge in [0.25, 0.3) is 0 Å². The number of hydrogen-bond acceptors (Lipinski definition) is 1. The first-order valence-electron chi connectivity index (χ1n) is 9.24. The van der Waals surface area contributed by atoms with Crippen LogP contribution in [0, 0.1) is 23.0 Å². The second-order valence-electron chi connectivity index (χ2n) is 7.18. The van der Waals surface area contributed by atoms with Gasteiger partial charge in [0.15, 0.2) is 0 Å². The Bertz CT molecular complexity index is 1230. The zero-order valence-corrected chi connectivity index (χ0v) is 16.6. The quantitative estimate of drug-likeness (QED) is 0.326. The van der Waals surface area contributed by atoms with Gasteiger partial charge in [0, 0.05) is 22.3 Å². The van der Waals surface area contributed by atoms with E-state index in [-0.39, 0.29) is 18.2 Å². The Morgan fingerprint density at radius 3 is 1.26 bits per heavy atom. The number of nitrogens with zero attached hydrogens (tertiary/aromatic N) is 1. The van der Waals surface area contributed by atoms with Gasteiger partial charge in [0.1, 0.15) is 11.6 Å². The molecule has 0 spiro atoms. The molecule has 3 rings (SSSR count). The molecule has 0 atom stereocenters. The topological polar surface area (TPSA) is 23.8 Å². The Balaban J connectivity index is 2.08. The summed E-state index contributed by atoms with van der Waals surface area (Å²) in [6, 6.07) is 4.62. The summed E-state index contributed by atoms with van der Waals surface area (Å²) < 4.78 is 143. The van der Waals surface area contributed by atoms with Gasteiger partial charge in [-0.1, -0.05) is 12.1 Å².